The Bertz CT molecular complexity index is 1290. The Morgan fingerprint density at radius 1 is 1.05 bits per heavy atom. The molecule has 192 valence electrons. The van der Waals surface area contributed by atoms with Crippen molar-refractivity contribution in [3.8, 4) is 11.1 Å². The Balaban J connectivity index is 1.59. The molecule has 0 bridgehead atoms. The predicted octanol–water partition coefficient (Wildman–Crippen LogP) is 4.30. The number of anilines is 1. The second-order valence-corrected chi connectivity index (χ2v) is 9.00. The van der Waals surface area contributed by atoms with Crippen LogP contribution in [-0.2, 0) is 29.1 Å². The van der Waals surface area contributed by atoms with E-state index in [-0.39, 0.29) is 36.6 Å². The van der Waals surface area contributed by atoms with Crippen molar-refractivity contribution in [3.63, 3.8) is 0 Å². The maximum Gasteiger partial charge on any atom is 0.314 e. The molecule has 3 aromatic carbocycles. The fraction of sp³-hybridized carbons (Fsp3) is 0.276. The quantitative estimate of drug-likeness (QED) is 0.450. The first-order chi connectivity index (χ1) is 17.9. The van der Waals surface area contributed by atoms with Crippen LogP contribution in [0.5, 0.6) is 0 Å². The standard InChI is InChI=1S/C29H31FN4O3/c1-3-27(35)33-25-14-12-21-16-23(30)13-15-26(21)34(28(25)36)18-19-8-10-20(11-9-19)24-7-5-4-6-22(24)17-32-29(37)31-2/h4-11,13,15-16,25H,3,12,14,17-18H2,1-2H3,(H,33,35)(H2,31,32,37)/t25-/m1/s1. The molecule has 1 atom stereocenters. The topological polar surface area (TPSA) is 90.5 Å². The number of nitrogens with zero attached hydrogens (tertiary/aromatic N) is 1. The van der Waals surface area contributed by atoms with Crippen molar-refractivity contribution in [2.24, 2.45) is 0 Å². The van der Waals surface area contributed by atoms with Crippen LogP contribution in [-0.4, -0.2) is 30.9 Å². The molecule has 3 N–H and O–H groups in total. The molecular weight excluding hydrogens is 471 g/mol. The average molecular weight is 503 g/mol. The molecule has 8 heteroatoms. The minimum atomic E-state index is -0.665. The zero-order valence-corrected chi connectivity index (χ0v) is 21.0. The molecule has 7 nitrogen and oxygen atoms in total. The molecule has 0 saturated carbocycles. The Hall–Kier alpha value is -4.20. The first kappa shape index (κ1) is 25.9. The lowest BCUT2D eigenvalue weighted by Crippen LogP contribution is -2.47. The summed E-state index contributed by atoms with van der Waals surface area (Å²) in [5.41, 5.74) is 5.27. The summed E-state index contributed by atoms with van der Waals surface area (Å²) in [7, 11) is 1.57. The van der Waals surface area contributed by atoms with Gasteiger partial charge in [-0.3, -0.25) is 9.59 Å². The van der Waals surface area contributed by atoms with E-state index < -0.39 is 6.04 Å². The van der Waals surface area contributed by atoms with Gasteiger partial charge in [-0.2, -0.15) is 0 Å². The molecule has 0 fully saturated rings. The summed E-state index contributed by atoms with van der Waals surface area (Å²) >= 11 is 0. The van der Waals surface area contributed by atoms with Gasteiger partial charge in [0.1, 0.15) is 11.9 Å². The van der Waals surface area contributed by atoms with Crippen LogP contribution in [0.4, 0.5) is 14.9 Å². The number of carbonyl (C=O) groups is 3. The average Bonchev–Trinajstić information content (AvgIpc) is 3.04. The van der Waals surface area contributed by atoms with Gasteiger partial charge in [0.25, 0.3) is 0 Å². The number of carbonyl (C=O) groups excluding carboxylic acids is 3. The third-order valence-electron chi connectivity index (χ3n) is 6.54. The van der Waals surface area contributed by atoms with Gasteiger partial charge in [-0.15, -0.1) is 0 Å². The summed E-state index contributed by atoms with van der Waals surface area (Å²) < 4.78 is 14.0. The molecule has 1 aliphatic heterocycles. The molecule has 0 radical (unpaired) electrons. The van der Waals surface area contributed by atoms with Crippen molar-refractivity contribution < 1.29 is 18.8 Å². The molecule has 0 saturated heterocycles. The van der Waals surface area contributed by atoms with Gasteiger partial charge in [-0.25, -0.2) is 9.18 Å². The highest BCUT2D eigenvalue weighted by Crippen LogP contribution is 2.30. The highest BCUT2D eigenvalue weighted by atomic mass is 19.1. The molecule has 0 aromatic heterocycles. The number of nitrogens with one attached hydrogen (secondary N) is 3. The van der Waals surface area contributed by atoms with Gasteiger partial charge in [0.15, 0.2) is 0 Å². The molecule has 0 aliphatic carbocycles. The van der Waals surface area contributed by atoms with Gasteiger partial charge < -0.3 is 20.9 Å². The highest BCUT2D eigenvalue weighted by molar-refractivity contribution is 6.00. The molecule has 37 heavy (non-hydrogen) atoms. The number of hydrogen-bond acceptors (Lipinski definition) is 3. The smallest absolute Gasteiger partial charge is 0.314 e. The second-order valence-electron chi connectivity index (χ2n) is 9.00. The summed E-state index contributed by atoms with van der Waals surface area (Å²) in [6, 6.07) is 19.3. The Morgan fingerprint density at radius 3 is 2.54 bits per heavy atom. The Labute approximate surface area is 216 Å². The van der Waals surface area contributed by atoms with Crippen LogP contribution in [0.15, 0.2) is 66.7 Å². The summed E-state index contributed by atoms with van der Waals surface area (Å²) in [4.78, 5) is 38.8. The normalized spacial score (nSPS) is 14.9. The van der Waals surface area contributed by atoms with E-state index in [2.05, 4.69) is 16.0 Å². The Morgan fingerprint density at radius 2 is 1.81 bits per heavy atom. The lowest BCUT2D eigenvalue weighted by molar-refractivity contribution is -0.127. The number of fused-ring (bicyclic) bond motifs is 1. The molecule has 3 aromatic rings. The van der Waals surface area contributed by atoms with Crippen LogP contribution in [0.2, 0.25) is 0 Å². The lowest BCUT2D eigenvalue weighted by Gasteiger charge is -2.26. The van der Waals surface area contributed by atoms with Crippen LogP contribution >= 0.6 is 0 Å². The van der Waals surface area contributed by atoms with Crippen LogP contribution in [0.25, 0.3) is 11.1 Å². The number of urea groups is 1. The fourth-order valence-corrected chi connectivity index (χ4v) is 4.53. The van der Waals surface area contributed by atoms with E-state index in [1.54, 1.807) is 24.9 Å². The van der Waals surface area contributed by atoms with E-state index in [0.29, 0.717) is 25.1 Å². The summed E-state index contributed by atoms with van der Waals surface area (Å²) in [5, 5.41) is 8.19. The lowest BCUT2D eigenvalue weighted by atomic mass is 9.98. The first-order valence-electron chi connectivity index (χ1n) is 12.4. The number of benzene rings is 3. The van der Waals surface area contributed by atoms with Crippen LogP contribution in [0.1, 0.15) is 36.5 Å². The van der Waals surface area contributed by atoms with Crippen molar-refractivity contribution in [1.29, 1.82) is 0 Å². The van der Waals surface area contributed by atoms with Gasteiger partial charge in [-0.05, 0) is 58.9 Å². The number of aryl methyl sites for hydroxylation is 1. The van der Waals surface area contributed by atoms with Crippen LogP contribution < -0.4 is 20.9 Å². The third kappa shape index (κ3) is 6.14. The van der Waals surface area contributed by atoms with E-state index in [1.165, 1.54) is 12.1 Å². The highest BCUT2D eigenvalue weighted by Gasteiger charge is 2.31. The van der Waals surface area contributed by atoms with Crippen molar-refractivity contribution in [2.75, 3.05) is 11.9 Å². The maximum atomic E-state index is 14.0. The van der Waals surface area contributed by atoms with Gasteiger partial charge >= 0.3 is 6.03 Å². The number of amides is 4. The summed E-state index contributed by atoms with van der Waals surface area (Å²) in [6.07, 6.45) is 1.19. The monoisotopic (exact) mass is 502 g/mol. The van der Waals surface area contributed by atoms with E-state index in [0.717, 1.165) is 27.8 Å². The van der Waals surface area contributed by atoms with Gasteiger partial charge in [0.2, 0.25) is 11.8 Å². The number of rotatable bonds is 7. The zero-order valence-electron chi connectivity index (χ0n) is 21.0. The van der Waals surface area contributed by atoms with Crippen molar-refractivity contribution in [2.45, 2.75) is 45.3 Å². The van der Waals surface area contributed by atoms with Gasteiger partial charge in [-0.1, -0.05) is 55.5 Å². The maximum absolute atomic E-state index is 14.0. The zero-order chi connectivity index (χ0) is 26.4. The first-order valence-corrected chi connectivity index (χ1v) is 12.4. The van der Waals surface area contributed by atoms with Crippen LogP contribution in [0, 0.1) is 5.82 Å². The van der Waals surface area contributed by atoms with Gasteiger partial charge in [0.05, 0.1) is 6.54 Å². The molecule has 1 aliphatic rings. The van der Waals surface area contributed by atoms with E-state index in [1.807, 2.05) is 48.5 Å². The summed E-state index contributed by atoms with van der Waals surface area (Å²) in [6.45, 7) is 2.42. The summed E-state index contributed by atoms with van der Waals surface area (Å²) in [5.74, 6) is -0.748. The minimum absolute atomic E-state index is 0.190. The fourth-order valence-electron chi connectivity index (χ4n) is 4.53. The van der Waals surface area contributed by atoms with Gasteiger partial charge in [0, 0.05) is 25.7 Å². The van der Waals surface area contributed by atoms with Crippen molar-refractivity contribution in [3.05, 3.63) is 89.2 Å². The van der Waals surface area contributed by atoms with Crippen LogP contribution in [0.3, 0.4) is 0 Å². The SMILES string of the molecule is CCC(=O)N[C@@H]1CCc2cc(F)ccc2N(Cc2ccc(-c3ccccc3CNC(=O)NC)cc2)C1=O. The molecular formula is C29H31FN4O3. The second kappa shape index (κ2) is 11.7. The molecule has 1 heterocycles. The van der Waals surface area contributed by atoms with E-state index in [9.17, 15) is 18.8 Å². The molecule has 0 unspecified atom stereocenters. The molecule has 4 amide bonds. The number of hydrogen-bond donors (Lipinski definition) is 3. The molecule has 4 rings (SSSR count). The minimum Gasteiger partial charge on any atom is -0.344 e. The van der Waals surface area contributed by atoms with Crippen molar-refractivity contribution in [1.82, 2.24) is 16.0 Å². The molecule has 0 spiro atoms. The number of halogens is 1. The Kier molecular flexibility index (Phi) is 8.18. The third-order valence-corrected chi connectivity index (χ3v) is 6.54. The van der Waals surface area contributed by atoms with E-state index in [4.69, 9.17) is 0 Å². The van der Waals surface area contributed by atoms with E-state index >= 15 is 0 Å². The largest absolute Gasteiger partial charge is 0.344 e. The van der Waals surface area contributed by atoms with Crippen molar-refractivity contribution >= 4 is 23.5 Å². The predicted molar refractivity (Wildman–Crippen MR) is 141 cm³/mol.